The smallest absolute Gasteiger partial charge is 0.326 e. The molecule has 3 unspecified atom stereocenters. The van der Waals surface area contributed by atoms with E-state index >= 15 is 0 Å². The van der Waals surface area contributed by atoms with Crippen LogP contribution in [0.25, 0.3) is 0 Å². The zero-order valence-electron chi connectivity index (χ0n) is 13.4. The number of sulfonamides is 1. The zero-order valence-corrected chi connectivity index (χ0v) is 14.2. The van der Waals surface area contributed by atoms with Crippen molar-refractivity contribution < 1.29 is 18.3 Å². The molecule has 1 aliphatic carbocycles. The van der Waals surface area contributed by atoms with E-state index in [0.29, 0.717) is 17.7 Å². The molecule has 1 aromatic carbocycles. The average molecular weight is 349 g/mol. The molecule has 2 N–H and O–H groups in total. The molecule has 128 valence electrons. The third-order valence-electron chi connectivity index (χ3n) is 4.47. The maximum Gasteiger partial charge on any atom is 0.326 e. The van der Waals surface area contributed by atoms with Crippen molar-refractivity contribution in [3.63, 3.8) is 0 Å². The normalized spacial score (nSPS) is 21.4. The SMILES string of the molecule is Cc1c(C(NS(=O)(=O)C2CC2c2ccccc2)C(=O)O)cnn1C. The summed E-state index contributed by atoms with van der Waals surface area (Å²) in [5.41, 5.74) is 1.92. The molecule has 8 heteroatoms. The molecule has 1 fully saturated rings. The number of nitrogens with one attached hydrogen (secondary N) is 1. The number of aliphatic carboxylic acids is 1. The molecular formula is C16H19N3O4S. The molecule has 0 spiro atoms. The number of nitrogens with zero attached hydrogens (tertiary/aromatic N) is 2. The summed E-state index contributed by atoms with van der Waals surface area (Å²) in [5, 5.41) is 12.8. The highest BCUT2D eigenvalue weighted by Crippen LogP contribution is 2.45. The summed E-state index contributed by atoms with van der Waals surface area (Å²) in [4.78, 5) is 11.6. The summed E-state index contributed by atoms with van der Waals surface area (Å²) in [5.74, 6) is -1.33. The molecule has 2 aromatic rings. The van der Waals surface area contributed by atoms with Crippen LogP contribution in [-0.4, -0.2) is 34.5 Å². The van der Waals surface area contributed by atoms with Gasteiger partial charge >= 0.3 is 5.97 Å². The Morgan fingerprint density at radius 2 is 2.04 bits per heavy atom. The van der Waals surface area contributed by atoms with Gasteiger partial charge in [-0.15, -0.1) is 0 Å². The van der Waals surface area contributed by atoms with E-state index in [0.717, 1.165) is 5.56 Å². The molecule has 3 atom stereocenters. The highest BCUT2D eigenvalue weighted by atomic mass is 32.2. The Kier molecular flexibility index (Phi) is 4.18. The minimum absolute atomic E-state index is 0.0897. The first-order valence-electron chi connectivity index (χ1n) is 7.58. The van der Waals surface area contributed by atoms with E-state index in [1.807, 2.05) is 30.3 Å². The van der Waals surface area contributed by atoms with Crippen molar-refractivity contribution in [3.8, 4) is 0 Å². The van der Waals surface area contributed by atoms with Crippen molar-refractivity contribution in [2.24, 2.45) is 7.05 Å². The number of benzene rings is 1. The molecule has 1 aliphatic rings. The van der Waals surface area contributed by atoms with Gasteiger partial charge in [0.1, 0.15) is 6.04 Å². The van der Waals surface area contributed by atoms with Crippen LogP contribution in [0.5, 0.6) is 0 Å². The van der Waals surface area contributed by atoms with E-state index in [-0.39, 0.29) is 5.92 Å². The van der Waals surface area contributed by atoms with E-state index in [1.165, 1.54) is 10.9 Å². The first-order chi connectivity index (χ1) is 11.3. The van der Waals surface area contributed by atoms with Crippen molar-refractivity contribution in [3.05, 3.63) is 53.3 Å². The first kappa shape index (κ1) is 16.7. The molecule has 0 amide bonds. The zero-order chi connectivity index (χ0) is 17.5. The molecule has 0 bridgehead atoms. The van der Waals surface area contributed by atoms with Crippen molar-refractivity contribution in [2.45, 2.75) is 30.6 Å². The molecule has 0 saturated heterocycles. The van der Waals surface area contributed by atoms with Crippen molar-refractivity contribution >= 4 is 16.0 Å². The van der Waals surface area contributed by atoms with E-state index in [4.69, 9.17) is 0 Å². The summed E-state index contributed by atoms with van der Waals surface area (Å²) >= 11 is 0. The van der Waals surface area contributed by atoms with Crippen LogP contribution in [0.3, 0.4) is 0 Å². The van der Waals surface area contributed by atoms with Gasteiger partial charge in [0.25, 0.3) is 0 Å². The largest absolute Gasteiger partial charge is 0.480 e. The first-order valence-corrected chi connectivity index (χ1v) is 9.13. The number of hydrogen-bond donors (Lipinski definition) is 2. The predicted octanol–water partition coefficient (Wildman–Crippen LogP) is 1.33. The molecule has 1 heterocycles. The standard InChI is InChI=1S/C16H19N3O4S/c1-10-13(9-17-19(10)2)15(16(20)21)18-24(22,23)14-8-12(14)11-6-4-3-5-7-11/h3-7,9,12,14-15,18H,8H2,1-2H3,(H,20,21). The fourth-order valence-electron chi connectivity index (χ4n) is 2.86. The maximum atomic E-state index is 12.6. The number of carbonyl (C=O) groups is 1. The highest BCUT2D eigenvalue weighted by Gasteiger charge is 2.49. The Balaban J connectivity index is 1.80. The highest BCUT2D eigenvalue weighted by molar-refractivity contribution is 7.90. The minimum Gasteiger partial charge on any atom is -0.480 e. The summed E-state index contributed by atoms with van der Waals surface area (Å²) in [7, 11) is -2.07. The average Bonchev–Trinajstić information content (AvgIpc) is 3.29. The summed E-state index contributed by atoms with van der Waals surface area (Å²) in [6.07, 6.45) is 1.88. The second kappa shape index (κ2) is 6.03. The number of hydrogen-bond acceptors (Lipinski definition) is 4. The fraction of sp³-hybridized carbons (Fsp3) is 0.375. The lowest BCUT2D eigenvalue weighted by Gasteiger charge is -2.15. The molecule has 1 aromatic heterocycles. The summed E-state index contributed by atoms with van der Waals surface area (Å²) < 4.78 is 29.0. The Morgan fingerprint density at radius 1 is 1.38 bits per heavy atom. The van der Waals surface area contributed by atoms with Crippen LogP contribution in [0, 0.1) is 6.92 Å². The monoisotopic (exact) mass is 349 g/mol. The third-order valence-corrected chi connectivity index (χ3v) is 6.35. The van der Waals surface area contributed by atoms with E-state index in [2.05, 4.69) is 9.82 Å². The van der Waals surface area contributed by atoms with Crippen molar-refractivity contribution in [1.82, 2.24) is 14.5 Å². The molecular weight excluding hydrogens is 330 g/mol. The number of rotatable bonds is 6. The van der Waals surface area contributed by atoms with Gasteiger partial charge in [-0.05, 0) is 18.9 Å². The van der Waals surface area contributed by atoms with Crippen LogP contribution >= 0.6 is 0 Å². The van der Waals surface area contributed by atoms with Gasteiger partial charge in [0.15, 0.2) is 0 Å². The second-order valence-corrected chi connectivity index (χ2v) is 7.97. The molecule has 0 radical (unpaired) electrons. The van der Waals surface area contributed by atoms with Crippen LogP contribution in [0.4, 0.5) is 0 Å². The van der Waals surface area contributed by atoms with Gasteiger partial charge in [-0.25, -0.2) is 8.42 Å². The maximum absolute atomic E-state index is 12.6. The quantitative estimate of drug-likeness (QED) is 0.819. The van der Waals surface area contributed by atoms with E-state index in [1.54, 1.807) is 14.0 Å². The lowest BCUT2D eigenvalue weighted by molar-refractivity contribution is -0.139. The number of carboxylic acids is 1. The van der Waals surface area contributed by atoms with Gasteiger partial charge in [-0.2, -0.15) is 9.82 Å². The van der Waals surface area contributed by atoms with Crippen molar-refractivity contribution in [1.29, 1.82) is 0 Å². The van der Waals surface area contributed by atoms with Gasteiger partial charge in [0.2, 0.25) is 10.0 Å². The van der Waals surface area contributed by atoms with Crippen molar-refractivity contribution in [2.75, 3.05) is 0 Å². The van der Waals surface area contributed by atoms with Crippen LogP contribution in [-0.2, 0) is 21.9 Å². The molecule has 3 rings (SSSR count). The Labute approximate surface area is 140 Å². The Bertz CT molecular complexity index is 861. The topological polar surface area (TPSA) is 101 Å². The van der Waals surface area contributed by atoms with E-state index in [9.17, 15) is 18.3 Å². The van der Waals surface area contributed by atoms with Gasteiger partial charge in [-0.1, -0.05) is 30.3 Å². The van der Waals surface area contributed by atoms with E-state index < -0.39 is 27.3 Å². The molecule has 1 saturated carbocycles. The fourth-order valence-corrected chi connectivity index (χ4v) is 4.64. The Hall–Kier alpha value is -2.19. The lowest BCUT2D eigenvalue weighted by Crippen LogP contribution is -2.36. The van der Waals surface area contributed by atoms with Gasteiger partial charge < -0.3 is 5.11 Å². The lowest BCUT2D eigenvalue weighted by atomic mass is 10.1. The van der Waals surface area contributed by atoms with Crippen LogP contribution in [0.15, 0.2) is 36.5 Å². The molecule has 0 aliphatic heterocycles. The second-order valence-electron chi connectivity index (χ2n) is 6.03. The van der Waals surface area contributed by atoms with Crippen LogP contribution in [0.1, 0.15) is 35.2 Å². The summed E-state index contributed by atoms with van der Waals surface area (Å²) in [6, 6.07) is 8.05. The predicted molar refractivity (Wildman–Crippen MR) is 88.0 cm³/mol. The van der Waals surface area contributed by atoms with Gasteiger partial charge in [-0.3, -0.25) is 9.48 Å². The number of carboxylic acid groups (broad SMARTS) is 1. The molecule has 24 heavy (non-hydrogen) atoms. The summed E-state index contributed by atoms with van der Waals surface area (Å²) in [6.45, 7) is 1.70. The minimum atomic E-state index is -3.75. The van der Waals surface area contributed by atoms with Gasteiger partial charge in [0.05, 0.1) is 11.4 Å². The number of aryl methyl sites for hydroxylation is 1. The van der Waals surface area contributed by atoms with Crippen LogP contribution < -0.4 is 4.72 Å². The molecule has 7 nitrogen and oxygen atoms in total. The van der Waals surface area contributed by atoms with Crippen LogP contribution in [0.2, 0.25) is 0 Å². The van der Waals surface area contributed by atoms with Gasteiger partial charge in [0, 0.05) is 24.2 Å². The Morgan fingerprint density at radius 3 is 2.58 bits per heavy atom. The third kappa shape index (κ3) is 3.07. The number of aromatic nitrogens is 2.